The fourth-order valence-corrected chi connectivity index (χ4v) is 3.40. The first-order chi connectivity index (χ1) is 13.5. The molecule has 8 heteroatoms. The summed E-state index contributed by atoms with van der Waals surface area (Å²) in [7, 11) is 0. The van der Waals surface area contributed by atoms with E-state index in [1.54, 1.807) is 12.1 Å². The van der Waals surface area contributed by atoms with Gasteiger partial charge in [-0.15, -0.1) is 24.0 Å². The zero-order valence-corrected chi connectivity index (χ0v) is 20.2. The van der Waals surface area contributed by atoms with Crippen molar-refractivity contribution in [2.45, 2.75) is 46.3 Å². The standard InChI is InChI=1S/C21H33FN4O2.HI/c1-5-23-21(24-13-12-20(27)25(6-2)7-3)26-14-16(4)28-19(15-26)17-8-10-18(22)11-9-17;/h8-11,16,19H,5-7,12-15H2,1-4H3,(H,23,24);1H. The molecule has 0 saturated carbocycles. The monoisotopic (exact) mass is 520 g/mol. The molecule has 1 aromatic carbocycles. The fourth-order valence-electron chi connectivity index (χ4n) is 3.40. The van der Waals surface area contributed by atoms with E-state index in [4.69, 9.17) is 4.74 Å². The van der Waals surface area contributed by atoms with Crippen LogP contribution in [0.3, 0.4) is 0 Å². The summed E-state index contributed by atoms with van der Waals surface area (Å²) in [6, 6.07) is 6.45. The van der Waals surface area contributed by atoms with Gasteiger partial charge in [-0.05, 0) is 45.4 Å². The average molecular weight is 520 g/mol. The highest BCUT2D eigenvalue weighted by Crippen LogP contribution is 2.25. The van der Waals surface area contributed by atoms with Crippen LogP contribution in [-0.4, -0.2) is 67.0 Å². The van der Waals surface area contributed by atoms with Crippen LogP contribution >= 0.6 is 24.0 Å². The van der Waals surface area contributed by atoms with Gasteiger partial charge in [0.15, 0.2) is 5.96 Å². The number of halogens is 2. The van der Waals surface area contributed by atoms with E-state index in [9.17, 15) is 9.18 Å². The molecule has 1 amide bonds. The Balaban J connectivity index is 0.00000420. The fraction of sp³-hybridized carbons (Fsp3) is 0.619. The van der Waals surface area contributed by atoms with Crippen molar-refractivity contribution in [3.05, 3.63) is 35.6 Å². The molecule has 1 N–H and O–H groups in total. The van der Waals surface area contributed by atoms with Crippen LogP contribution in [0.1, 0.15) is 45.8 Å². The van der Waals surface area contributed by atoms with Crippen LogP contribution in [0.2, 0.25) is 0 Å². The Morgan fingerprint density at radius 1 is 1.24 bits per heavy atom. The first-order valence-corrected chi connectivity index (χ1v) is 10.2. The second-order valence-electron chi connectivity index (χ2n) is 6.94. The Kier molecular flexibility index (Phi) is 11.5. The zero-order chi connectivity index (χ0) is 20.5. The van der Waals surface area contributed by atoms with Gasteiger partial charge in [0.05, 0.1) is 19.2 Å². The number of carbonyl (C=O) groups excluding carboxylic acids is 1. The summed E-state index contributed by atoms with van der Waals surface area (Å²) in [4.78, 5) is 20.9. The molecule has 6 nitrogen and oxygen atoms in total. The van der Waals surface area contributed by atoms with Crippen LogP contribution in [0.5, 0.6) is 0 Å². The predicted molar refractivity (Wildman–Crippen MR) is 125 cm³/mol. The maximum atomic E-state index is 13.2. The number of nitrogens with zero attached hydrogens (tertiary/aromatic N) is 3. The van der Waals surface area contributed by atoms with Gasteiger partial charge in [0.2, 0.25) is 5.91 Å². The third kappa shape index (κ3) is 7.73. The normalized spacial score (nSPS) is 19.5. The lowest BCUT2D eigenvalue weighted by Gasteiger charge is -2.38. The van der Waals surface area contributed by atoms with Crippen LogP contribution in [0.15, 0.2) is 29.3 Å². The molecular formula is C21H34FIN4O2. The lowest BCUT2D eigenvalue weighted by Crippen LogP contribution is -2.50. The van der Waals surface area contributed by atoms with Crippen molar-refractivity contribution in [2.24, 2.45) is 4.99 Å². The number of hydrogen-bond donors (Lipinski definition) is 1. The molecular weight excluding hydrogens is 486 g/mol. The van der Waals surface area contributed by atoms with E-state index in [-0.39, 0.29) is 47.9 Å². The largest absolute Gasteiger partial charge is 0.367 e. The number of guanidine groups is 1. The molecule has 2 rings (SSSR count). The molecule has 29 heavy (non-hydrogen) atoms. The maximum Gasteiger partial charge on any atom is 0.224 e. The number of morpholine rings is 1. The molecule has 1 saturated heterocycles. The van der Waals surface area contributed by atoms with E-state index in [0.29, 0.717) is 26.1 Å². The number of benzene rings is 1. The minimum absolute atomic E-state index is 0. The van der Waals surface area contributed by atoms with Gasteiger partial charge in [-0.3, -0.25) is 9.79 Å². The Morgan fingerprint density at radius 3 is 2.48 bits per heavy atom. The molecule has 2 atom stereocenters. The highest BCUT2D eigenvalue weighted by Gasteiger charge is 2.28. The third-order valence-electron chi connectivity index (χ3n) is 4.84. The molecule has 0 spiro atoms. The second kappa shape index (κ2) is 13.0. The lowest BCUT2D eigenvalue weighted by atomic mass is 10.1. The molecule has 2 unspecified atom stereocenters. The minimum atomic E-state index is -0.253. The van der Waals surface area contributed by atoms with Crippen molar-refractivity contribution >= 4 is 35.8 Å². The molecule has 0 bridgehead atoms. The quantitative estimate of drug-likeness (QED) is 0.340. The highest BCUT2D eigenvalue weighted by atomic mass is 127. The Labute approximate surface area is 190 Å². The van der Waals surface area contributed by atoms with E-state index in [2.05, 4.69) is 15.2 Å². The van der Waals surface area contributed by atoms with Gasteiger partial charge in [-0.25, -0.2) is 4.39 Å². The van der Waals surface area contributed by atoms with E-state index in [0.717, 1.165) is 31.2 Å². The zero-order valence-electron chi connectivity index (χ0n) is 17.9. The van der Waals surface area contributed by atoms with E-state index in [1.807, 2.05) is 32.6 Å². The van der Waals surface area contributed by atoms with Crippen LogP contribution in [-0.2, 0) is 9.53 Å². The first-order valence-electron chi connectivity index (χ1n) is 10.2. The van der Waals surface area contributed by atoms with Gasteiger partial charge < -0.3 is 19.9 Å². The van der Waals surface area contributed by atoms with E-state index < -0.39 is 0 Å². The van der Waals surface area contributed by atoms with Gasteiger partial charge in [-0.2, -0.15) is 0 Å². The van der Waals surface area contributed by atoms with Crippen molar-refractivity contribution < 1.29 is 13.9 Å². The Hall–Kier alpha value is -1.42. The van der Waals surface area contributed by atoms with Crippen LogP contribution in [0.4, 0.5) is 4.39 Å². The Bertz CT molecular complexity index is 653. The highest BCUT2D eigenvalue weighted by molar-refractivity contribution is 14.0. The summed E-state index contributed by atoms with van der Waals surface area (Å²) in [6.07, 6.45) is 0.271. The van der Waals surface area contributed by atoms with Crippen molar-refractivity contribution in [1.82, 2.24) is 15.1 Å². The SMILES string of the molecule is CCNC(=NCCC(=O)N(CC)CC)N1CC(C)OC(c2ccc(F)cc2)C1.I. The summed E-state index contributed by atoms with van der Waals surface area (Å²) in [5.74, 6) is 0.665. The molecule has 1 aliphatic heterocycles. The average Bonchev–Trinajstić information content (AvgIpc) is 2.68. The van der Waals surface area contributed by atoms with Crippen LogP contribution in [0.25, 0.3) is 0 Å². The molecule has 1 fully saturated rings. The first kappa shape index (κ1) is 25.6. The molecule has 164 valence electrons. The number of carbonyl (C=O) groups is 1. The number of aliphatic imine (C=N–C) groups is 1. The summed E-state index contributed by atoms with van der Waals surface area (Å²) in [5, 5.41) is 3.32. The van der Waals surface area contributed by atoms with Crippen molar-refractivity contribution in [3.8, 4) is 0 Å². The van der Waals surface area contributed by atoms with Gasteiger partial charge in [0.25, 0.3) is 0 Å². The number of amides is 1. The minimum Gasteiger partial charge on any atom is -0.367 e. The van der Waals surface area contributed by atoms with Gasteiger partial charge in [0.1, 0.15) is 11.9 Å². The predicted octanol–water partition coefficient (Wildman–Crippen LogP) is 3.43. The molecule has 1 aliphatic rings. The van der Waals surface area contributed by atoms with Crippen molar-refractivity contribution in [1.29, 1.82) is 0 Å². The number of nitrogens with one attached hydrogen (secondary N) is 1. The van der Waals surface area contributed by atoms with Crippen molar-refractivity contribution in [3.63, 3.8) is 0 Å². The van der Waals surface area contributed by atoms with Gasteiger partial charge >= 0.3 is 0 Å². The van der Waals surface area contributed by atoms with E-state index >= 15 is 0 Å². The van der Waals surface area contributed by atoms with Gasteiger partial charge in [0, 0.05) is 32.6 Å². The lowest BCUT2D eigenvalue weighted by molar-refractivity contribution is -0.130. The van der Waals surface area contributed by atoms with Crippen LogP contribution < -0.4 is 5.32 Å². The smallest absolute Gasteiger partial charge is 0.224 e. The van der Waals surface area contributed by atoms with Crippen LogP contribution in [0, 0.1) is 5.82 Å². The summed E-state index contributed by atoms with van der Waals surface area (Å²) < 4.78 is 19.3. The topological polar surface area (TPSA) is 57.2 Å². The van der Waals surface area contributed by atoms with E-state index in [1.165, 1.54) is 12.1 Å². The maximum absolute atomic E-state index is 13.2. The molecule has 1 aromatic rings. The molecule has 0 aromatic heterocycles. The van der Waals surface area contributed by atoms with Gasteiger partial charge in [-0.1, -0.05) is 12.1 Å². The third-order valence-corrected chi connectivity index (χ3v) is 4.84. The second-order valence-corrected chi connectivity index (χ2v) is 6.94. The number of ether oxygens (including phenoxy) is 1. The van der Waals surface area contributed by atoms with Crippen molar-refractivity contribution in [2.75, 3.05) is 39.3 Å². The molecule has 0 radical (unpaired) electrons. The number of rotatable bonds is 7. The number of hydrogen-bond acceptors (Lipinski definition) is 3. The molecule has 0 aliphatic carbocycles. The molecule has 1 heterocycles. The summed E-state index contributed by atoms with van der Waals surface area (Å²) >= 11 is 0. The Morgan fingerprint density at radius 2 is 1.90 bits per heavy atom. The summed E-state index contributed by atoms with van der Waals surface area (Å²) in [5.41, 5.74) is 0.950. The summed E-state index contributed by atoms with van der Waals surface area (Å²) in [6.45, 7) is 12.0.